The van der Waals surface area contributed by atoms with Crippen LogP contribution in [-0.2, 0) is 6.18 Å². The molecule has 0 atom stereocenters. The van der Waals surface area contributed by atoms with E-state index >= 15 is 0 Å². The minimum absolute atomic E-state index is 0.171. The van der Waals surface area contributed by atoms with Gasteiger partial charge in [-0.25, -0.2) is 9.97 Å². The van der Waals surface area contributed by atoms with Crippen LogP contribution in [0.3, 0.4) is 0 Å². The molecule has 1 aliphatic rings. The number of halogens is 4. The number of pyridine rings is 1. The summed E-state index contributed by atoms with van der Waals surface area (Å²) in [5, 5.41) is 9.26. The molecular weight excluding hydrogens is 431 g/mol. The van der Waals surface area contributed by atoms with Crippen LogP contribution in [0.2, 0.25) is 5.02 Å². The zero-order chi connectivity index (χ0) is 21.8. The molecule has 1 fully saturated rings. The van der Waals surface area contributed by atoms with Crippen molar-refractivity contribution in [2.24, 2.45) is 0 Å². The Morgan fingerprint density at radius 3 is 2.52 bits per heavy atom. The largest absolute Gasteiger partial charge is 0.416 e. The lowest BCUT2D eigenvalue weighted by Crippen LogP contribution is -2.43. The highest BCUT2D eigenvalue weighted by Gasteiger charge is 2.30. The van der Waals surface area contributed by atoms with Gasteiger partial charge < -0.3 is 20.9 Å². The minimum atomic E-state index is -4.44. The second-order valence-corrected chi connectivity index (χ2v) is 7.26. The van der Waals surface area contributed by atoms with E-state index in [9.17, 15) is 13.2 Å². The molecule has 2 aromatic heterocycles. The highest BCUT2D eigenvalue weighted by atomic mass is 35.5. The van der Waals surface area contributed by atoms with Crippen LogP contribution in [0.25, 0.3) is 0 Å². The van der Waals surface area contributed by atoms with Crippen molar-refractivity contribution in [3.8, 4) is 0 Å². The summed E-state index contributed by atoms with van der Waals surface area (Å²) >= 11 is 6.12. The minimum Gasteiger partial charge on any atom is -0.368 e. The molecule has 7 nitrogen and oxygen atoms in total. The van der Waals surface area contributed by atoms with Gasteiger partial charge in [0.1, 0.15) is 10.8 Å². The summed E-state index contributed by atoms with van der Waals surface area (Å²) in [6, 6.07) is 8.56. The fourth-order valence-corrected chi connectivity index (χ4v) is 3.25. The number of aromatic nitrogens is 3. The fraction of sp³-hybridized carbons (Fsp3) is 0.250. The van der Waals surface area contributed by atoms with Gasteiger partial charge in [0.15, 0.2) is 5.82 Å². The fourth-order valence-electron chi connectivity index (χ4n) is 3.11. The van der Waals surface area contributed by atoms with Gasteiger partial charge in [0, 0.05) is 31.9 Å². The first-order valence-corrected chi connectivity index (χ1v) is 9.92. The van der Waals surface area contributed by atoms with E-state index in [0.717, 1.165) is 44.0 Å². The standard InChI is InChI=1S/C20H19ClF3N7/c21-16-12-27-19(29-17-5-4-15(11-26-17)31-8-6-25-7-9-31)30-18(16)28-14-3-1-2-13(10-14)20(22,23)24/h1-5,10-12,25H,6-9H2,(H2,26,27,28,29,30). The molecule has 0 aliphatic carbocycles. The van der Waals surface area contributed by atoms with Crippen LogP contribution in [0.5, 0.6) is 0 Å². The summed E-state index contributed by atoms with van der Waals surface area (Å²) < 4.78 is 38.8. The first-order valence-electron chi connectivity index (χ1n) is 9.54. The smallest absolute Gasteiger partial charge is 0.368 e. The van der Waals surface area contributed by atoms with E-state index in [-0.39, 0.29) is 22.5 Å². The summed E-state index contributed by atoms with van der Waals surface area (Å²) in [4.78, 5) is 15.0. The Morgan fingerprint density at radius 1 is 1.00 bits per heavy atom. The lowest BCUT2D eigenvalue weighted by atomic mass is 10.2. The zero-order valence-electron chi connectivity index (χ0n) is 16.2. The molecule has 0 bridgehead atoms. The first-order chi connectivity index (χ1) is 14.9. The second-order valence-electron chi connectivity index (χ2n) is 6.86. The van der Waals surface area contributed by atoms with E-state index in [1.54, 1.807) is 6.20 Å². The van der Waals surface area contributed by atoms with Crippen molar-refractivity contribution in [1.29, 1.82) is 0 Å². The van der Waals surface area contributed by atoms with Gasteiger partial charge in [0.2, 0.25) is 5.95 Å². The molecule has 0 saturated carbocycles. The average Bonchev–Trinajstić information content (AvgIpc) is 2.77. The summed E-state index contributed by atoms with van der Waals surface area (Å²) in [7, 11) is 0. The molecule has 3 heterocycles. The van der Waals surface area contributed by atoms with E-state index in [4.69, 9.17) is 11.6 Å². The Kier molecular flexibility index (Phi) is 6.10. The predicted molar refractivity (Wildman–Crippen MR) is 114 cm³/mol. The number of hydrogen-bond donors (Lipinski definition) is 3. The zero-order valence-corrected chi connectivity index (χ0v) is 17.0. The highest BCUT2D eigenvalue weighted by molar-refractivity contribution is 6.32. The Balaban J connectivity index is 1.48. The third-order valence-electron chi connectivity index (χ3n) is 4.67. The van der Waals surface area contributed by atoms with E-state index in [1.165, 1.54) is 18.3 Å². The van der Waals surface area contributed by atoms with Crippen LogP contribution in [0.1, 0.15) is 5.56 Å². The Bertz CT molecular complexity index is 1040. The van der Waals surface area contributed by atoms with E-state index in [0.29, 0.717) is 5.82 Å². The van der Waals surface area contributed by atoms with Crippen LogP contribution in [0.4, 0.5) is 42.1 Å². The normalized spacial score (nSPS) is 14.4. The Morgan fingerprint density at radius 2 is 1.81 bits per heavy atom. The number of anilines is 5. The van der Waals surface area contributed by atoms with Crippen LogP contribution in [0, 0.1) is 0 Å². The van der Waals surface area contributed by atoms with Gasteiger partial charge in [-0.15, -0.1) is 0 Å². The molecule has 0 spiro atoms. The number of alkyl halides is 3. The van der Waals surface area contributed by atoms with Crippen molar-refractivity contribution in [2.75, 3.05) is 41.7 Å². The Labute approximate surface area is 181 Å². The molecule has 4 rings (SSSR count). The van der Waals surface area contributed by atoms with Gasteiger partial charge >= 0.3 is 6.18 Å². The maximum absolute atomic E-state index is 12.9. The molecule has 0 unspecified atom stereocenters. The molecule has 162 valence electrons. The number of piperazine rings is 1. The molecule has 1 saturated heterocycles. The van der Waals surface area contributed by atoms with Crippen molar-refractivity contribution in [2.45, 2.75) is 6.18 Å². The summed E-state index contributed by atoms with van der Waals surface area (Å²) in [6.07, 6.45) is -1.31. The molecule has 1 aromatic carbocycles. The summed E-state index contributed by atoms with van der Waals surface area (Å²) in [6.45, 7) is 3.69. The number of hydrogen-bond acceptors (Lipinski definition) is 7. The Hall–Kier alpha value is -3.11. The molecule has 11 heteroatoms. The summed E-state index contributed by atoms with van der Waals surface area (Å²) in [5.74, 6) is 0.920. The third-order valence-corrected chi connectivity index (χ3v) is 4.94. The molecule has 0 amide bonds. The summed E-state index contributed by atoms with van der Waals surface area (Å²) in [5.41, 5.74) is 0.464. The van der Waals surface area contributed by atoms with Crippen molar-refractivity contribution in [1.82, 2.24) is 20.3 Å². The van der Waals surface area contributed by atoms with Gasteiger partial charge in [-0.3, -0.25) is 0 Å². The monoisotopic (exact) mass is 449 g/mol. The molecule has 0 radical (unpaired) electrons. The van der Waals surface area contributed by atoms with E-state index in [1.807, 2.05) is 12.1 Å². The number of nitrogens with zero attached hydrogens (tertiary/aromatic N) is 4. The highest BCUT2D eigenvalue weighted by Crippen LogP contribution is 2.32. The molecule has 1 aliphatic heterocycles. The van der Waals surface area contributed by atoms with Crippen molar-refractivity contribution in [3.63, 3.8) is 0 Å². The van der Waals surface area contributed by atoms with Crippen LogP contribution in [0.15, 0.2) is 48.8 Å². The van der Waals surface area contributed by atoms with Gasteiger partial charge in [-0.1, -0.05) is 17.7 Å². The van der Waals surface area contributed by atoms with Gasteiger partial charge in [0.05, 0.1) is 23.6 Å². The quantitative estimate of drug-likeness (QED) is 0.531. The second kappa shape index (κ2) is 8.94. The van der Waals surface area contributed by atoms with Crippen LogP contribution in [-0.4, -0.2) is 41.1 Å². The van der Waals surface area contributed by atoms with Crippen molar-refractivity contribution >= 4 is 40.6 Å². The van der Waals surface area contributed by atoms with Crippen molar-refractivity contribution in [3.05, 3.63) is 59.4 Å². The number of rotatable bonds is 5. The first kappa shape index (κ1) is 21.1. The maximum atomic E-state index is 12.9. The number of nitrogens with one attached hydrogen (secondary N) is 3. The van der Waals surface area contributed by atoms with Gasteiger partial charge in [-0.2, -0.15) is 18.2 Å². The SMILES string of the molecule is FC(F)(F)c1cccc(Nc2nc(Nc3ccc(N4CCNCC4)cn3)ncc2Cl)c1. The molecule has 3 N–H and O–H groups in total. The average molecular weight is 450 g/mol. The third kappa shape index (κ3) is 5.33. The maximum Gasteiger partial charge on any atom is 0.416 e. The molecule has 31 heavy (non-hydrogen) atoms. The van der Waals surface area contributed by atoms with E-state index < -0.39 is 11.7 Å². The lowest BCUT2D eigenvalue weighted by molar-refractivity contribution is -0.137. The van der Waals surface area contributed by atoms with E-state index in [2.05, 4.69) is 35.8 Å². The molecular formula is C20H19ClF3N7. The van der Waals surface area contributed by atoms with Gasteiger partial charge in [0.25, 0.3) is 0 Å². The van der Waals surface area contributed by atoms with Crippen LogP contribution >= 0.6 is 11.6 Å². The lowest BCUT2D eigenvalue weighted by Gasteiger charge is -2.29. The number of benzene rings is 1. The van der Waals surface area contributed by atoms with Gasteiger partial charge in [-0.05, 0) is 30.3 Å². The van der Waals surface area contributed by atoms with Crippen LogP contribution < -0.4 is 20.9 Å². The molecule has 3 aromatic rings. The van der Waals surface area contributed by atoms with Crippen molar-refractivity contribution < 1.29 is 13.2 Å². The predicted octanol–water partition coefficient (Wildman–Crippen LogP) is 4.44. The topological polar surface area (TPSA) is 78.0 Å².